The van der Waals surface area contributed by atoms with Crippen LogP contribution in [-0.2, 0) is 0 Å². The van der Waals surface area contributed by atoms with E-state index in [1.54, 1.807) is 0 Å². The van der Waals surface area contributed by atoms with Crippen LogP contribution in [0.4, 0.5) is 11.4 Å². The standard InChI is InChI=1S/C17H23N3/c1-3-17(4-2)9-11-20(12-17)15-8-7-14(18)16-13(15)6-5-10-19-16/h5-8,10H,3-4,9,11-12,18H2,1-2H3. The van der Waals surface area contributed by atoms with Gasteiger partial charge in [-0.25, -0.2) is 0 Å². The minimum atomic E-state index is 0.482. The first-order chi connectivity index (χ1) is 9.69. The Bertz CT molecular complexity index is 617. The Morgan fingerprint density at radius 2 is 2.05 bits per heavy atom. The molecule has 0 spiro atoms. The molecule has 2 N–H and O–H groups in total. The molecule has 0 unspecified atom stereocenters. The fourth-order valence-electron chi connectivity index (χ4n) is 3.42. The van der Waals surface area contributed by atoms with Gasteiger partial charge in [0.1, 0.15) is 0 Å². The molecule has 0 aliphatic carbocycles. The Kier molecular flexibility index (Phi) is 3.28. The molecule has 3 rings (SSSR count). The molecule has 0 bridgehead atoms. The van der Waals surface area contributed by atoms with Crippen LogP contribution >= 0.6 is 0 Å². The SMILES string of the molecule is CCC1(CC)CCN(c2ccc(N)c3ncccc23)C1. The minimum Gasteiger partial charge on any atom is -0.397 e. The molecule has 1 aliphatic heterocycles. The smallest absolute Gasteiger partial charge is 0.0951 e. The van der Waals surface area contributed by atoms with Gasteiger partial charge in [0.25, 0.3) is 0 Å². The number of hydrogen-bond acceptors (Lipinski definition) is 3. The number of nitrogens with zero attached hydrogens (tertiary/aromatic N) is 2. The second-order valence-electron chi connectivity index (χ2n) is 5.95. The lowest BCUT2D eigenvalue weighted by molar-refractivity contribution is 0.301. The summed E-state index contributed by atoms with van der Waals surface area (Å²) in [5.41, 5.74) is 9.50. The zero-order valence-electron chi connectivity index (χ0n) is 12.4. The first-order valence-corrected chi connectivity index (χ1v) is 7.57. The molecule has 0 atom stereocenters. The Labute approximate surface area is 120 Å². The molecule has 0 saturated carbocycles. The second-order valence-corrected chi connectivity index (χ2v) is 5.95. The summed E-state index contributed by atoms with van der Waals surface area (Å²) in [4.78, 5) is 6.95. The van der Waals surface area contributed by atoms with Crippen LogP contribution in [0.5, 0.6) is 0 Å². The zero-order chi connectivity index (χ0) is 14.2. The molecule has 20 heavy (non-hydrogen) atoms. The van der Waals surface area contributed by atoms with Crippen LogP contribution in [0.2, 0.25) is 0 Å². The van der Waals surface area contributed by atoms with E-state index in [9.17, 15) is 0 Å². The number of benzene rings is 1. The van der Waals surface area contributed by atoms with Crippen molar-refractivity contribution in [1.82, 2.24) is 4.98 Å². The molecule has 1 fully saturated rings. The minimum absolute atomic E-state index is 0.482. The second kappa shape index (κ2) is 4.97. The lowest BCUT2D eigenvalue weighted by atomic mass is 9.82. The number of rotatable bonds is 3. The van der Waals surface area contributed by atoms with E-state index in [0.29, 0.717) is 5.41 Å². The molecule has 1 saturated heterocycles. The molecule has 2 heterocycles. The third-order valence-corrected chi connectivity index (χ3v) is 5.06. The summed E-state index contributed by atoms with van der Waals surface area (Å²) in [6, 6.07) is 8.27. The highest BCUT2D eigenvalue weighted by molar-refractivity contribution is 5.98. The van der Waals surface area contributed by atoms with E-state index in [1.165, 1.54) is 30.3 Å². The van der Waals surface area contributed by atoms with Gasteiger partial charge in [0.15, 0.2) is 0 Å². The maximum atomic E-state index is 6.05. The summed E-state index contributed by atoms with van der Waals surface area (Å²) in [7, 11) is 0. The summed E-state index contributed by atoms with van der Waals surface area (Å²) in [6.45, 7) is 6.91. The summed E-state index contributed by atoms with van der Waals surface area (Å²) in [5, 5.41) is 1.18. The lowest BCUT2D eigenvalue weighted by Crippen LogP contribution is -2.26. The van der Waals surface area contributed by atoms with Crippen LogP contribution in [0.1, 0.15) is 33.1 Å². The average molecular weight is 269 g/mol. The molecule has 1 aromatic carbocycles. The summed E-state index contributed by atoms with van der Waals surface area (Å²) in [6.07, 6.45) is 5.61. The summed E-state index contributed by atoms with van der Waals surface area (Å²) < 4.78 is 0. The van der Waals surface area contributed by atoms with Gasteiger partial charge in [-0.3, -0.25) is 4.98 Å². The van der Waals surface area contributed by atoms with E-state index in [2.05, 4.69) is 35.9 Å². The van der Waals surface area contributed by atoms with Crippen LogP contribution in [0.3, 0.4) is 0 Å². The van der Waals surface area contributed by atoms with Crippen molar-refractivity contribution in [2.75, 3.05) is 23.7 Å². The molecule has 2 aromatic rings. The molecular formula is C17H23N3. The van der Waals surface area contributed by atoms with E-state index in [1.807, 2.05) is 18.3 Å². The van der Waals surface area contributed by atoms with Crippen molar-refractivity contribution in [3.8, 4) is 0 Å². The molecule has 0 amide bonds. The quantitative estimate of drug-likeness (QED) is 0.861. The maximum absolute atomic E-state index is 6.05. The molecular weight excluding hydrogens is 246 g/mol. The normalized spacial score (nSPS) is 17.8. The van der Waals surface area contributed by atoms with Crippen molar-refractivity contribution in [2.45, 2.75) is 33.1 Å². The average Bonchev–Trinajstić information content (AvgIpc) is 2.93. The van der Waals surface area contributed by atoms with Crippen molar-refractivity contribution in [3.63, 3.8) is 0 Å². The molecule has 3 nitrogen and oxygen atoms in total. The Morgan fingerprint density at radius 3 is 2.75 bits per heavy atom. The first-order valence-electron chi connectivity index (χ1n) is 7.57. The van der Waals surface area contributed by atoms with Gasteiger partial charge < -0.3 is 10.6 Å². The van der Waals surface area contributed by atoms with E-state index in [0.717, 1.165) is 24.3 Å². The monoisotopic (exact) mass is 269 g/mol. The number of fused-ring (bicyclic) bond motifs is 1. The van der Waals surface area contributed by atoms with Crippen LogP contribution in [0.25, 0.3) is 10.9 Å². The van der Waals surface area contributed by atoms with Crippen molar-refractivity contribution < 1.29 is 0 Å². The maximum Gasteiger partial charge on any atom is 0.0951 e. The third kappa shape index (κ3) is 2.01. The van der Waals surface area contributed by atoms with E-state index in [4.69, 9.17) is 5.73 Å². The van der Waals surface area contributed by atoms with Crippen molar-refractivity contribution in [1.29, 1.82) is 0 Å². The van der Waals surface area contributed by atoms with Gasteiger partial charge >= 0.3 is 0 Å². The topological polar surface area (TPSA) is 42.1 Å². The number of hydrogen-bond donors (Lipinski definition) is 1. The van der Waals surface area contributed by atoms with E-state index < -0.39 is 0 Å². The van der Waals surface area contributed by atoms with Gasteiger partial charge in [-0.05, 0) is 48.9 Å². The van der Waals surface area contributed by atoms with Crippen molar-refractivity contribution >= 4 is 22.3 Å². The molecule has 106 valence electrons. The fraction of sp³-hybridized carbons (Fsp3) is 0.471. The molecule has 1 aliphatic rings. The van der Waals surface area contributed by atoms with Crippen LogP contribution < -0.4 is 10.6 Å². The highest BCUT2D eigenvalue weighted by Crippen LogP contribution is 2.41. The summed E-state index contributed by atoms with van der Waals surface area (Å²) >= 11 is 0. The van der Waals surface area contributed by atoms with Gasteiger partial charge in [-0.1, -0.05) is 13.8 Å². The lowest BCUT2D eigenvalue weighted by Gasteiger charge is -2.27. The predicted molar refractivity (Wildman–Crippen MR) is 86.0 cm³/mol. The number of nitrogens with two attached hydrogens (primary N) is 1. The summed E-state index contributed by atoms with van der Waals surface area (Å²) in [5.74, 6) is 0. The zero-order valence-corrected chi connectivity index (χ0v) is 12.4. The first kappa shape index (κ1) is 13.2. The largest absolute Gasteiger partial charge is 0.397 e. The van der Waals surface area contributed by atoms with E-state index in [-0.39, 0.29) is 0 Å². The number of pyridine rings is 1. The van der Waals surface area contributed by atoms with Crippen LogP contribution in [0.15, 0.2) is 30.5 Å². The highest BCUT2D eigenvalue weighted by atomic mass is 15.2. The van der Waals surface area contributed by atoms with Gasteiger partial charge in [-0.2, -0.15) is 0 Å². The third-order valence-electron chi connectivity index (χ3n) is 5.06. The van der Waals surface area contributed by atoms with E-state index >= 15 is 0 Å². The molecule has 1 aromatic heterocycles. The van der Waals surface area contributed by atoms with Crippen molar-refractivity contribution in [2.24, 2.45) is 5.41 Å². The fourth-order valence-corrected chi connectivity index (χ4v) is 3.42. The van der Waals surface area contributed by atoms with Crippen molar-refractivity contribution in [3.05, 3.63) is 30.5 Å². The molecule has 3 heteroatoms. The predicted octanol–water partition coefficient (Wildman–Crippen LogP) is 3.83. The Hall–Kier alpha value is -1.77. The highest BCUT2D eigenvalue weighted by Gasteiger charge is 2.35. The molecule has 0 radical (unpaired) electrons. The Balaban J connectivity index is 2.02. The van der Waals surface area contributed by atoms with Gasteiger partial charge in [0.05, 0.1) is 11.2 Å². The number of anilines is 2. The van der Waals surface area contributed by atoms with Crippen LogP contribution in [-0.4, -0.2) is 18.1 Å². The number of aromatic nitrogens is 1. The van der Waals surface area contributed by atoms with Gasteiger partial charge in [0.2, 0.25) is 0 Å². The van der Waals surface area contributed by atoms with Crippen LogP contribution in [0, 0.1) is 5.41 Å². The number of nitrogen functional groups attached to an aromatic ring is 1. The van der Waals surface area contributed by atoms with Gasteiger partial charge in [0, 0.05) is 30.4 Å². The Morgan fingerprint density at radius 1 is 1.25 bits per heavy atom. The van der Waals surface area contributed by atoms with Gasteiger partial charge in [-0.15, -0.1) is 0 Å².